The molecule has 2 aromatic rings. The first-order chi connectivity index (χ1) is 16.8. The van der Waals surface area contributed by atoms with Crippen LogP contribution in [0.25, 0.3) is 10.4 Å². The maximum Gasteiger partial charge on any atom is 0.417 e. The van der Waals surface area contributed by atoms with Crippen molar-refractivity contribution in [2.75, 3.05) is 38.2 Å². The van der Waals surface area contributed by atoms with Crippen LogP contribution in [0.2, 0.25) is 0 Å². The number of amides is 2. The van der Waals surface area contributed by atoms with Gasteiger partial charge in [-0.05, 0) is 46.6 Å². The van der Waals surface area contributed by atoms with E-state index in [1.807, 2.05) is 27.7 Å². The zero-order valence-electron chi connectivity index (χ0n) is 20.7. The van der Waals surface area contributed by atoms with Gasteiger partial charge in [-0.25, -0.2) is 9.97 Å². The van der Waals surface area contributed by atoms with Crippen LogP contribution in [0, 0.1) is 0 Å². The summed E-state index contributed by atoms with van der Waals surface area (Å²) >= 11 is 0.801. The lowest BCUT2D eigenvalue weighted by atomic mass is 10.1. The van der Waals surface area contributed by atoms with Crippen LogP contribution in [-0.4, -0.2) is 76.0 Å². The number of carbonyl (C=O) groups is 2. The van der Waals surface area contributed by atoms with E-state index < -0.39 is 29.1 Å². The van der Waals surface area contributed by atoms with E-state index in [1.54, 1.807) is 4.90 Å². The van der Waals surface area contributed by atoms with Crippen molar-refractivity contribution in [3.05, 3.63) is 28.5 Å². The number of hydrogen-bond acceptors (Lipinski definition) is 7. The first-order valence-electron chi connectivity index (χ1n) is 11.9. The predicted octanol–water partition coefficient (Wildman–Crippen LogP) is 4.53. The van der Waals surface area contributed by atoms with Gasteiger partial charge < -0.3 is 19.9 Å². The maximum atomic E-state index is 14.2. The molecule has 4 rings (SSSR count). The quantitative estimate of drug-likeness (QED) is 0.631. The van der Waals surface area contributed by atoms with Crippen molar-refractivity contribution in [2.24, 2.45) is 0 Å². The summed E-state index contributed by atoms with van der Waals surface area (Å²) in [6.07, 6.45) is -2.01. The van der Waals surface area contributed by atoms with E-state index in [4.69, 9.17) is 4.74 Å². The summed E-state index contributed by atoms with van der Waals surface area (Å²) in [7, 11) is 0. The largest absolute Gasteiger partial charge is 0.417 e. The summed E-state index contributed by atoms with van der Waals surface area (Å²) < 4.78 is 48.0. The monoisotopic (exact) mass is 525 g/mol. The van der Waals surface area contributed by atoms with Gasteiger partial charge >= 0.3 is 6.18 Å². The van der Waals surface area contributed by atoms with E-state index in [1.165, 1.54) is 4.90 Å². The number of likely N-dealkylation sites (tertiary alicyclic amines) is 1. The molecule has 12 heteroatoms. The number of thiazole rings is 1. The number of alkyl halides is 3. The van der Waals surface area contributed by atoms with Gasteiger partial charge in [-0.2, -0.15) is 13.2 Å². The van der Waals surface area contributed by atoms with E-state index in [0.29, 0.717) is 32.8 Å². The van der Waals surface area contributed by atoms with Gasteiger partial charge in [0.1, 0.15) is 11.5 Å². The molecule has 0 radical (unpaired) electrons. The van der Waals surface area contributed by atoms with Gasteiger partial charge in [0.05, 0.1) is 23.7 Å². The van der Waals surface area contributed by atoms with E-state index in [-0.39, 0.29) is 33.0 Å². The van der Waals surface area contributed by atoms with Gasteiger partial charge in [-0.1, -0.05) is 0 Å². The number of nitrogens with one attached hydrogen (secondary N) is 1. The topological polar surface area (TPSA) is 87.7 Å². The van der Waals surface area contributed by atoms with Crippen LogP contribution >= 0.6 is 11.3 Å². The fourth-order valence-corrected chi connectivity index (χ4v) is 5.38. The Balaban J connectivity index is 1.83. The third-order valence-electron chi connectivity index (χ3n) is 6.08. The molecule has 0 bridgehead atoms. The molecule has 2 amide bonds. The predicted molar refractivity (Wildman–Crippen MR) is 130 cm³/mol. The van der Waals surface area contributed by atoms with Crippen LogP contribution in [0.15, 0.2) is 12.3 Å². The molecule has 1 atom stereocenters. The first kappa shape index (κ1) is 26.3. The number of morpholine rings is 1. The van der Waals surface area contributed by atoms with Gasteiger partial charge in [-0.15, -0.1) is 11.3 Å². The second kappa shape index (κ2) is 9.97. The van der Waals surface area contributed by atoms with Gasteiger partial charge in [0.2, 0.25) is 0 Å². The highest BCUT2D eigenvalue weighted by Crippen LogP contribution is 2.42. The standard InChI is InChI=1S/C24H30F3N5O3S/c1-14-6-5-7-32(14)21(33)18-19(36-20(29-18)22(34)31-8-10-35-11-9-31)15-13-28-17(30-23(2,3)4)12-16(15)24(25,26)27/h12-14H,5-11H2,1-4H3,(H,28,30)/t14-/m0/s1. The number of hydrogen-bond donors (Lipinski definition) is 1. The first-order valence-corrected chi connectivity index (χ1v) is 12.7. The van der Waals surface area contributed by atoms with Crippen molar-refractivity contribution in [1.82, 2.24) is 19.8 Å². The molecule has 0 aliphatic carbocycles. The second-order valence-corrected chi connectivity index (χ2v) is 11.1. The Labute approximate surface area is 211 Å². The summed E-state index contributed by atoms with van der Waals surface area (Å²) in [6, 6.07) is 0.875. The number of nitrogens with zero attached hydrogens (tertiary/aromatic N) is 4. The Morgan fingerprint density at radius 2 is 1.83 bits per heavy atom. The van der Waals surface area contributed by atoms with Gasteiger partial charge in [-0.3, -0.25) is 9.59 Å². The fourth-order valence-electron chi connectivity index (χ4n) is 4.34. The Bertz CT molecular complexity index is 1140. The SMILES string of the molecule is C[C@H]1CCCN1C(=O)c1nc(C(=O)N2CCOCC2)sc1-c1cnc(NC(C)(C)C)cc1C(F)(F)F. The molecule has 0 spiro atoms. The molecular weight excluding hydrogens is 495 g/mol. The van der Waals surface area contributed by atoms with Crippen LogP contribution in [0.5, 0.6) is 0 Å². The molecule has 1 N–H and O–H groups in total. The van der Waals surface area contributed by atoms with Crippen LogP contribution in [0.1, 0.15) is 66.4 Å². The Morgan fingerprint density at radius 3 is 2.42 bits per heavy atom. The molecule has 2 aliphatic rings. The van der Waals surface area contributed by atoms with Crippen LogP contribution in [0.3, 0.4) is 0 Å². The lowest BCUT2D eigenvalue weighted by Gasteiger charge is -2.25. The molecule has 2 aromatic heterocycles. The molecule has 36 heavy (non-hydrogen) atoms. The number of aromatic nitrogens is 2. The lowest BCUT2D eigenvalue weighted by molar-refractivity contribution is -0.137. The minimum Gasteiger partial charge on any atom is -0.378 e. The highest BCUT2D eigenvalue weighted by molar-refractivity contribution is 7.17. The summed E-state index contributed by atoms with van der Waals surface area (Å²) in [4.78, 5) is 38.3. The number of pyridine rings is 1. The molecule has 0 unspecified atom stereocenters. The summed E-state index contributed by atoms with van der Waals surface area (Å²) in [5.74, 6) is -0.836. The number of carbonyl (C=O) groups excluding carboxylic acids is 2. The van der Waals surface area contributed by atoms with Crippen LogP contribution < -0.4 is 5.32 Å². The lowest BCUT2D eigenvalue weighted by Crippen LogP contribution is -2.40. The van der Waals surface area contributed by atoms with Crippen molar-refractivity contribution in [3.8, 4) is 10.4 Å². The Kier molecular flexibility index (Phi) is 7.29. The third-order valence-corrected chi connectivity index (χ3v) is 7.16. The van der Waals surface area contributed by atoms with Crippen molar-refractivity contribution in [3.63, 3.8) is 0 Å². The van der Waals surface area contributed by atoms with E-state index in [2.05, 4.69) is 15.3 Å². The van der Waals surface area contributed by atoms with E-state index >= 15 is 0 Å². The Hall–Kier alpha value is -2.73. The second-order valence-electron chi connectivity index (χ2n) is 10.1. The fraction of sp³-hybridized carbons (Fsp3) is 0.583. The summed E-state index contributed by atoms with van der Waals surface area (Å²) in [5, 5.41) is 2.93. The van der Waals surface area contributed by atoms with Gasteiger partial charge in [0.15, 0.2) is 5.01 Å². The zero-order chi connectivity index (χ0) is 26.3. The summed E-state index contributed by atoms with van der Waals surface area (Å²) in [6.45, 7) is 9.26. The normalized spacial score (nSPS) is 19.0. The van der Waals surface area contributed by atoms with E-state index in [9.17, 15) is 22.8 Å². The Morgan fingerprint density at radius 1 is 1.14 bits per heavy atom. The maximum absolute atomic E-state index is 14.2. The van der Waals surface area contributed by atoms with Crippen molar-refractivity contribution < 1.29 is 27.5 Å². The van der Waals surface area contributed by atoms with Crippen LogP contribution in [-0.2, 0) is 10.9 Å². The van der Waals surface area contributed by atoms with Gasteiger partial charge in [0.25, 0.3) is 11.8 Å². The molecule has 196 valence electrons. The molecule has 0 aromatic carbocycles. The highest BCUT2D eigenvalue weighted by atomic mass is 32.1. The minimum atomic E-state index is -4.72. The highest BCUT2D eigenvalue weighted by Gasteiger charge is 2.39. The van der Waals surface area contributed by atoms with Crippen LogP contribution in [0.4, 0.5) is 19.0 Å². The zero-order valence-corrected chi connectivity index (χ0v) is 21.6. The van der Waals surface area contributed by atoms with Crippen molar-refractivity contribution in [2.45, 2.75) is 58.3 Å². The third kappa shape index (κ3) is 5.64. The number of anilines is 1. The molecule has 4 heterocycles. The van der Waals surface area contributed by atoms with Crippen molar-refractivity contribution in [1.29, 1.82) is 0 Å². The number of rotatable bonds is 4. The van der Waals surface area contributed by atoms with Crippen molar-refractivity contribution >= 4 is 29.0 Å². The van der Waals surface area contributed by atoms with Gasteiger partial charge in [0, 0.05) is 43.0 Å². The molecule has 0 saturated carbocycles. The minimum absolute atomic E-state index is 0.00200. The molecule has 2 saturated heterocycles. The molecular formula is C24H30F3N5O3S. The summed E-state index contributed by atoms with van der Waals surface area (Å²) in [5.41, 5.74) is -1.86. The smallest absolute Gasteiger partial charge is 0.378 e. The molecule has 8 nitrogen and oxygen atoms in total. The molecule has 2 fully saturated rings. The van der Waals surface area contributed by atoms with E-state index in [0.717, 1.165) is 36.4 Å². The average Bonchev–Trinajstić information content (AvgIpc) is 3.44. The number of halogens is 3. The molecule has 2 aliphatic heterocycles. The average molecular weight is 526 g/mol. The number of ether oxygens (including phenoxy) is 1.